The number of rotatable bonds is 3. The maximum atomic E-state index is 10.7. The largest absolute Gasteiger partial charge is 0.493 e. The summed E-state index contributed by atoms with van der Waals surface area (Å²) in [6, 6.07) is 6.14. The minimum Gasteiger partial charge on any atom is -0.493 e. The summed E-state index contributed by atoms with van der Waals surface area (Å²) in [7, 11) is 0. The minimum atomic E-state index is -1.13. The molecule has 0 aliphatic carbocycles. The number of carbonyl (C=O) groups is 1. The lowest BCUT2D eigenvalue weighted by molar-refractivity contribution is 0.0683. The van der Waals surface area contributed by atoms with Crippen LogP contribution in [0, 0.1) is 0 Å². The Bertz CT molecular complexity index is 764. The van der Waals surface area contributed by atoms with Gasteiger partial charge in [0.15, 0.2) is 0 Å². The summed E-state index contributed by atoms with van der Waals surface area (Å²) in [4.78, 5) is 18.3. The average Bonchev–Trinajstić information content (AvgIpc) is 2.53. The maximum Gasteiger partial charge on any atom is 0.373 e. The van der Waals surface area contributed by atoms with E-state index in [0.29, 0.717) is 0 Å². The Hall–Kier alpha value is -2.69. The van der Waals surface area contributed by atoms with Crippen LogP contribution < -0.4 is 4.74 Å². The summed E-state index contributed by atoms with van der Waals surface area (Å²) in [6.45, 7) is 5.20. The molecule has 0 unspecified atom stereocenters. The van der Waals surface area contributed by atoms with Gasteiger partial charge < -0.3 is 9.84 Å². The van der Waals surface area contributed by atoms with Crippen LogP contribution in [0.4, 0.5) is 0 Å². The second kappa shape index (κ2) is 5.83. The summed E-state index contributed by atoms with van der Waals surface area (Å²) in [5.74, 6) is -0.375. The van der Waals surface area contributed by atoms with Crippen LogP contribution in [-0.2, 0) is 5.41 Å². The molecule has 1 aliphatic heterocycles. The van der Waals surface area contributed by atoms with Crippen LogP contribution in [0.3, 0.4) is 0 Å². The van der Waals surface area contributed by atoms with E-state index < -0.39 is 5.97 Å². The third-order valence-electron chi connectivity index (χ3n) is 4.05. The van der Waals surface area contributed by atoms with Gasteiger partial charge in [-0.1, -0.05) is 32.1 Å². The van der Waals surface area contributed by atoms with E-state index in [0.717, 1.165) is 29.9 Å². The Kier molecular flexibility index (Phi) is 3.86. The molecule has 0 saturated heterocycles. The number of hydrogen-bond acceptors (Lipinski definition) is 4. The van der Waals surface area contributed by atoms with Crippen molar-refractivity contribution in [3.05, 3.63) is 53.1 Å². The van der Waals surface area contributed by atoms with Gasteiger partial charge in [0.05, 0.1) is 6.61 Å². The van der Waals surface area contributed by atoms with Gasteiger partial charge in [0, 0.05) is 23.5 Å². The summed E-state index contributed by atoms with van der Waals surface area (Å²) in [5.41, 5.74) is 3.13. The summed E-state index contributed by atoms with van der Waals surface area (Å²) < 4.78 is 5.71. The smallest absolute Gasteiger partial charge is 0.373 e. The molecule has 1 aromatic carbocycles. The minimum absolute atomic E-state index is 0.101. The number of nitrogens with zero attached hydrogens (tertiary/aromatic N) is 2. The van der Waals surface area contributed by atoms with Crippen molar-refractivity contribution in [1.29, 1.82) is 0 Å². The molecule has 0 bridgehead atoms. The molecule has 3 rings (SSSR count). The highest BCUT2D eigenvalue weighted by molar-refractivity contribution is 5.83. The molecule has 2 aromatic rings. The second-order valence-electron chi connectivity index (χ2n) is 6.22. The van der Waals surface area contributed by atoms with E-state index in [9.17, 15) is 4.79 Å². The van der Waals surface area contributed by atoms with Crippen LogP contribution in [0.25, 0.3) is 12.2 Å². The Morgan fingerprint density at radius 3 is 2.61 bits per heavy atom. The highest BCUT2D eigenvalue weighted by atomic mass is 16.5. The zero-order valence-electron chi connectivity index (χ0n) is 13.1. The standard InChI is InChI=1S/C18H18N2O3/c1-18(2)7-8-23-15-6-5-12(9-14(15)18)3-4-13-10-19-16(17(21)22)20-11-13/h3-6,9-11H,7-8H2,1-2H3,(H,21,22). The number of benzene rings is 1. The molecule has 118 valence electrons. The first-order valence-corrected chi connectivity index (χ1v) is 7.46. The normalized spacial score (nSPS) is 15.9. The fourth-order valence-corrected chi connectivity index (χ4v) is 2.58. The van der Waals surface area contributed by atoms with Crippen molar-refractivity contribution in [1.82, 2.24) is 9.97 Å². The van der Waals surface area contributed by atoms with Crippen molar-refractivity contribution in [3.8, 4) is 5.75 Å². The lowest BCUT2D eigenvalue weighted by Gasteiger charge is -2.32. The van der Waals surface area contributed by atoms with Gasteiger partial charge in [-0.15, -0.1) is 0 Å². The first-order valence-electron chi connectivity index (χ1n) is 7.46. The van der Waals surface area contributed by atoms with Crippen molar-refractivity contribution in [2.45, 2.75) is 25.7 Å². The van der Waals surface area contributed by atoms with E-state index in [2.05, 4.69) is 29.9 Å². The van der Waals surface area contributed by atoms with Crippen LogP contribution in [0.1, 0.15) is 47.6 Å². The predicted molar refractivity (Wildman–Crippen MR) is 87.5 cm³/mol. The number of ether oxygens (including phenoxy) is 1. The van der Waals surface area contributed by atoms with Crippen LogP contribution in [0.15, 0.2) is 30.6 Å². The van der Waals surface area contributed by atoms with E-state index in [1.54, 1.807) is 0 Å². The quantitative estimate of drug-likeness (QED) is 0.940. The topological polar surface area (TPSA) is 72.3 Å². The predicted octanol–water partition coefficient (Wildman–Crippen LogP) is 3.41. The molecule has 5 nitrogen and oxygen atoms in total. The lowest BCUT2D eigenvalue weighted by atomic mass is 9.79. The fraction of sp³-hybridized carbons (Fsp3) is 0.278. The van der Waals surface area contributed by atoms with Crippen molar-refractivity contribution >= 4 is 18.1 Å². The number of aromatic nitrogens is 2. The van der Waals surface area contributed by atoms with Crippen molar-refractivity contribution in [2.75, 3.05) is 6.61 Å². The molecule has 0 saturated carbocycles. The van der Waals surface area contributed by atoms with Gasteiger partial charge in [-0.3, -0.25) is 0 Å². The zero-order chi connectivity index (χ0) is 16.4. The molecule has 0 amide bonds. The van der Waals surface area contributed by atoms with Gasteiger partial charge >= 0.3 is 5.97 Å². The molecule has 0 spiro atoms. The van der Waals surface area contributed by atoms with E-state index in [1.807, 2.05) is 24.3 Å². The van der Waals surface area contributed by atoms with Crippen molar-refractivity contribution in [2.24, 2.45) is 0 Å². The molecule has 0 radical (unpaired) electrons. The SMILES string of the molecule is CC1(C)CCOc2ccc(C=Cc3cnc(C(=O)O)nc3)cc21. The van der Waals surface area contributed by atoms with Gasteiger partial charge in [0.1, 0.15) is 5.75 Å². The summed E-state index contributed by atoms with van der Waals surface area (Å²) in [5, 5.41) is 8.79. The van der Waals surface area contributed by atoms with Crippen LogP contribution in [0.5, 0.6) is 5.75 Å². The van der Waals surface area contributed by atoms with Gasteiger partial charge in [0.2, 0.25) is 5.82 Å². The monoisotopic (exact) mass is 310 g/mol. The van der Waals surface area contributed by atoms with Crippen molar-refractivity contribution in [3.63, 3.8) is 0 Å². The molecule has 1 N–H and O–H groups in total. The fourth-order valence-electron chi connectivity index (χ4n) is 2.58. The number of aromatic carboxylic acids is 1. The Morgan fingerprint density at radius 1 is 1.22 bits per heavy atom. The molecule has 2 heterocycles. The zero-order valence-corrected chi connectivity index (χ0v) is 13.1. The third-order valence-corrected chi connectivity index (χ3v) is 4.05. The number of fused-ring (bicyclic) bond motifs is 1. The van der Waals surface area contributed by atoms with E-state index in [4.69, 9.17) is 9.84 Å². The average molecular weight is 310 g/mol. The Morgan fingerprint density at radius 2 is 1.91 bits per heavy atom. The second-order valence-corrected chi connectivity index (χ2v) is 6.22. The number of carboxylic acids is 1. The van der Waals surface area contributed by atoms with Gasteiger partial charge in [-0.2, -0.15) is 0 Å². The Balaban J connectivity index is 1.84. The lowest BCUT2D eigenvalue weighted by Crippen LogP contribution is -2.26. The molecular weight excluding hydrogens is 292 g/mol. The third kappa shape index (κ3) is 3.23. The molecule has 0 fully saturated rings. The van der Waals surface area contributed by atoms with E-state index in [-0.39, 0.29) is 11.2 Å². The van der Waals surface area contributed by atoms with Gasteiger partial charge in [-0.25, -0.2) is 14.8 Å². The molecule has 0 atom stereocenters. The molecule has 5 heteroatoms. The van der Waals surface area contributed by atoms with Crippen molar-refractivity contribution < 1.29 is 14.6 Å². The highest BCUT2D eigenvalue weighted by Crippen LogP contribution is 2.38. The number of hydrogen-bond donors (Lipinski definition) is 1. The highest BCUT2D eigenvalue weighted by Gasteiger charge is 2.28. The van der Waals surface area contributed by atoms with Crippen LogP contribution >= 0.6 is 0 Å². The number of carboxylic acid groups (broad SMARTS) is 1. The first kappa shape index (κ1) is 15.2. The van der Waals surface area contributed by atoms with Crippen LogP contribution in [-0.4, -0.2) is 27.7 Å². The van der Waals surface area contributed by atoms with Gasteiger partial charge in [0.25, 0.3) is 0 Å². The molecular formula is C18H18N2O3. The summed E-state index contributed by atoms with van der Waals surface area (Å²) >= 11 is 0. The molecule has 1 aliphatic rings. The molecule has 23 heavy (non-hydrogen) atoms. The maximum absolute atomic E-state index is 10.7. The summed E-state index contributed by atoms with van der Waals surface area (Å²) in [6.07, 6.45) is 7.82. The molecule has 1 aromatic heterocycles. The Labute approximate surface area is 134 Å². The van der Waals surface area contributed by atoms with Gasteiger partial charge in [-0.05, 0) is 29.5 Å². The first-order chi connectivity index (χ1) is 11.0. The van der Waals surface area contributed by atoms with Crippen LogP contribution in [0.2, 0.25) is 0 Å². The van der Waals surface area contributed by atoms with E-state index >= 15 is 0 Å². The van der Waals surface area contributed by atoms with E-state index in [1.165, 1.54) is 18.0 Å².